The standard InChI is InChI=1S/C22H21N3O2/c26-25(27)21-13-11-20(12-14-21)24-16-15-23(17-18-7-3-1-4-8-18)22(24)19-9-5-2-6-10-19/h1-14,22H,15-17H2. The molecule has 0 aromatic heterocycles. The second-order valence-electron chi connectivity index (χ2n) is 6.71. The Morgan fingerprint density at radius 2 is 1.48 bits per heavy atom. The van der Waals surface area contributed by atoms with Crippen LogP contribution in [0, 0.1) is 10.1 Å². The first-order chi connectivity index (χ1) is 13.2. The Labute approximate surface area is 158 Å². The number of benzene rings is 3. The number of non-ortho nitro benzene ring substituents is 1. The molecule has 3 aromatic rings. The molecule has 1 unspecified atom stereocenters. The number of nitro groups is 1. The van der Waals surface area contributed by atoms with Gasteiger partial charge in [-0.2, -0.15) is 0 Å². The van der Waals surface area contributed by atoms with E-state index in [2.05, 4.69) is 58.3 Å². The van der Waals surface area contributed by atoms with Gasteiger partial charge in [0.15, 0.2) is 0 Å². The van der Waals surface area contributed by atoms with E-state index in [1.165, 1.54) is 11.1 Å². The molecule has 1 saturated heterocycles. The van der Waals surface area contributed by atoms with Crippen molar-refractivity contribution in [2.45, 2.75) is 12.7 Å². The molecule has 1 atom stereocenters. The van der Waals surface area contributed by atoms with Gasteiger partial charge in [-0.05, 0) is 23.3 Å². The Balaban J connectivity index is 1.65. The number of nitro benzene ring substituents is 1. The van der Waals surface area contributed by atoms with Crippen LogP contribution < -0.4 is 4.90 Å². The second kappa shape index (κ2) is 7.60. The van der Waals surface area contributed by atoms with Crippen LogP contribution in [-0.2, 0) is 6.54 Å². The fourth-order valence-corrected chi connectivity index (χ4v) is 3.71. The zero-order valence-electron chi connectivity index (χ0n) is 14.9. The molecule has 27 heavy (non-hydrogen) atoms. The van der Waals surface area contributed by atoms with Crippen molar-refractivity contribution < 1.29 is 4.92 Å². The van der Waals surface area contributed by atoms with Crippen LogP contribution in [0.15, 0.2) is 84.9 Å². The predicted octanol–water partition coefficient (Wildman–Crippen LogP) is 4.62. The van der Waals surface area contributed by atoms with Gasteiger partial charge in [0.05, 0.1) is 4.92 Å². The summed E-state index contributed by atoms with van der Waals surface area (Å²) in [7, 11) is 0. The molecule has 5 heteroatoms. The van der Waals surface area contributed by atoms with E-state index in [1.807, 2.05) is 24.3 Å². The van der Waals surface area contributed by atoms with Crippen LogP contribution in [0.4, 0.5) is 11.4 Å². The molecule has 5 nitrogen and oxygen atoms in total. The zero-order valence-corrected chi connectivity index (χ0v) is 14.9. The van der Waals surface area contributed by atoms with Gasteiger partial charge in [0.1, 0.15) is 6.17 Å². The summed E-state index contributed by atoms with van der Waals surface area (Å²) in [5.41, 5.74) is 3.63. The van der Waals surface area contributed by atoms with Crippen LogP contribution in [0.1, 0.15) is 17.3 Å². The molecule has 3 aromatic carbocycles. The highest BCUT2D eigenvalue weighted by atomic mass is 16.6. The van der Waals surface area contributed by atoms with E-state index in [0.29, 0.717) is 0 Å². The number of hydrogen-bond acceptors (Lipinski definition) is 4. The van der Waals surface area contributed by atoms with Gasteiger partial charge >= 0.3 is 0 Å². The lowest BCUT2D eigenvalue weighted by atomic mass is 10.1. The Morgan fingerprint density at radius 3 is 2.11 bits per heavy atom. The largest absolute Gasteiger partial charge is 0.350 e. The number of hydrogen-bond donors (Lipinski definition) is 0. The lowest BCUT2D eigenvalue weighted by molar-refractivity contribution is -0.384. The van der Waals surface area contributed by atoms with Gasteiger partial charge in [-0.1, -0.05) is 60.7 Å². The van der Waals surface area contributed by atoms with Crippen molar-refractivity contribution in [2.24, 2.45) is 0 Å². The van der Waals surface area contributed by atoms with Crippen LogP contribution in [0.25, 0.3) is 0 Å². The van der Waals surface area contributed by atoms with Crippen LogP contribution in [0.5, 0.6) is 0 Å². The molecular weight excluding hydrogens is 338 g/mol. The van der Waals surface area contributed by atoms with Crippen molar-refractivity contribution in [3.05, 3.63) is 106 Å². The summed E-state index contributed by atoms with van der Waals surface area (Å²) in [5.74, 6) is 0. The molecule has 1 fully saturated rings. The average Bonchev–Trinajstić information content (AvgIpc) is 3.13. The average molecular weight is 359 g/mol. The summed E-state index contributed by atoms with van der Waals surface area (Å²) in [6.07, 6.45) is 0.105. The number of nitrogens with zero attached hydrogens (tertiary/aromatic N) is 3. The van der Waals surface area contributed by atoms with E-state index >= 15 is 0 Å². The van der Waals surface area contributed by atoms with Crippen molar-refractivity contribution in [3.63, 3.8) is 0 Å². The fraction of sp³-hybridized carbons (Fsp3) is 0.182. The summed E-state index contributed by atoms with van der Waals surface area (Å²) in [5, 5.41) is 11.0. The van der Waals surface area contributed by atoms with Crippen LogP contribution >= 0.6 is 0 Å². The van der Waals surface area contributed by atoms with Gasteiger partial charge in [0.25, 0.3) is 5.69 Å². The molecule has 0 amide bonds. The molecule has 136 valence electrons. The molecule has 1 heterocycles. The first kappa shape index (κ1) is 17.2. The molecular formula is C22H21N3O2. The lowest BCUT2D eigenvalue weighted by Gasteiger charge is -2.32. The monoisotopic (exact) mass is 359 g/mol. The maximum absolute atomic E-state index is 11.0. The second-order valence-corrected chi connectivity index (χ2v) is 6.71. The minimum absolute atomic E-state index is 0.105. The smallest absolute Gasteiger partial charge is 0.269 e. The quantitative estimate of drug-likeness (QED) is 0.493. The minimum Gasteiger partial charge on any atom is -0.350 e. The third kappa shape index (κ3) is 3.68. The minimum atomic E-state index is -0.357. The summed E-state index contributed by atoms with van der Waals surface area (Å²) >= 11 is 0. The van der Waals surface area contributed by atoms with Crippen molar-refractivity contribution in [3.8, 4) is 0 Å². The Bertz CT molecular complexity index is 898. The first-order valence-electron chi connectivity index (χ1n) is 9.06. The molecule has 0 radical (unpaired) electrons. The summed E-state index contributed by atoms with van der Waals surface area (Å²) in [6, 6.07) is 27.8. The highest BCUT2D eigenvalue weighted by molar-refractivity contribution is 5.53. The molecule has 0 aliphatic carbocycles. The first-order valence-corrected chi connectivity index (χ1v) is 9.06. The fourth-order valence-electron chi connectivity index (χ4n) is 3.71. The van der Waals surface area contributed by atoms with E-state index in [9.17, 15) is 10.1 Å². The molecule has 0 bridgehead atoms. The predicted molar refractivity (Wildman–Crippen MR) is 106 cm³/mol. The lowest BCUT2D eigenvalue weighted by Crippen LogP contribution is -2.30. The Morgan fingerprint density at radius 1 is 0.852 bits per heavy atom. The maximum Gasteiger partial charge on any atom is 0.269 e. The van der Waals surface area contributed by atoms with E-state index in [4.69, 9.17) is 0 Å². The normalized spacial score (nSPS) is 17.2. The summed E-state index contributed by atoms with van der Waals surface area (Å²) in [6.45, 7) is 2.68. The zero-order chi connectivity index (χ0) is 18.6. The molecule has 1 aliphatic rings. The van der Waals surface area contributed by atoms with E-state index in [1.54, 1.807) is 12.1 Å². The highest BCUT2D eigenvalue weighted by Gasteiger charge is 2.33. The van der Waals surface area contributed by atoms with Gasteiger partial charge < -0.3 is 4.90 Å². The maximum atomic E-state index is 11.0. The molecule has 4 rings (SSSR count). The molecule has 0 spiro atoms. The third-order valence-electron chi connectivity index (χ3n) is 4.99. The Hall–Kier alpha value is -3.18. The van der Waals surface area contributed by atoms with E-state index in [0.717, 1.165) is 25.3 Å². The van der Waals surface area contributed by atoms with Crippen molar-refractivity contribution in [1.29, 1.82) is 0 Å². The van der Waals surface area contributed by atoms with E-state index < -0.39 is 0 Å². The van der Waals surface area contributed by atoms with Crippen LogP contribution in [0.2, 0.25) is 0 Å². The van der Waals surface area contributed by atoms with Gasteiger partial charge in [-0.25, -0.2) is 0 Å². The molecule has 0 N–H and O–H groups in total. The van der Waals surface area contributed by atoms with Gasteiger partial charge in [0, 0.05) is 37.5 Å². The third-order valence-corrected chi connectivity index (χ3v) is 4.99. The molecule has 0 saturated carbocycles. The van der Waals surface area contributed by atoms with Crippen molar-refractivity contribution in [1.82, 2.24) is 4.90 Å². The Kier molecular flexibility index (Phi) is 4.85. The van der Waals surface area contributed by atoms with Crippen LogP contribution in [-0.4, -0.2) is 22.9 Å². The summed E-state index contributed by atoms with van der Waals surface area (Å²) < 4.78 is 0. The number of anilines is 1. The highest BCUT2D eigenvalue weighted by Crippen LogP contribution is 2.36. The van der Waals surface area contributed by atoms with Gasteiger partial charge in [0.2, 0.25) is 0 Å². The van der Waals surface area contributed by atoms with Gasteiger partial charge in [-0.15, -0.1) is 0 Å². The topological polar surface area (TPSA) is 49.6 Å². The summed E-state index contributed by atoms with van der Waals surface area (Å²) in [4.78, 5) is 15.4. The molecule has 1 aliphatic heterocycles. The number of rotatable bonds is 5. The van der Waals surface area contributed by atoms with Gasteiger partial charge in [-0.3, -0.25) is 15.0 Å². The SMILES string of the molecule is O=[N+]([O-])c1ccc(N2CCN(Cc3ccccc3)C2c2ccccc2)cc1. The van der Waals surface area contributed by atoms with Crippen molar-refractivity contribution in [2.75, 3.05) is 18.0 Å². The van der Waals surface area contributed by atoms with Crippen molar-refractivity contribution >= 4 is 11.4 Å². The van der Waals surface area contributed by atoms with E-state index in [-0.39, 0.29) is 16.8 Å². The van der Waals surface area contributed by atoms with Crippen LogP contribution in [0.3, 0.4) is 0 Å².